The quantitative estimate of drug-likeness (QED) is 0.840. The lowest BCUT2D eigenvalue weighted by Gasteiger charge is -2.16. The maximum atomic E-state index is 5.42. The van der Waals surface area contributed by atoms with Crippen LogP contribution in [0.25, 0.3) is 11.0 Å². The third-order valence-electron chi connectivity index (χ3n) is 3.16. The molecule has 4 heteroatoms. The highest BCUT2D eigenvalue weighted by atomic mass is 32.1. The number of hydrogen-bond donors (Lipinski definition) is 1. The molecule has 0 radical (unpaired) electrons. The van der Waals surface area contributed by atoms with Crippen LogP contribution in [-0.4, -0.2) is 23.3 Å². The SMILES string of the molecule is CCC(COC)n1c(=S)[nH]c2c(C)cccc21. The maximum absolute atomic E-state index is 5.42. The zero-order valence-electron chi connectivity index (χ0n) is 10.5. The van der Waals surface area contributed by atoms with Gasteiger partial charge in [-0.25, -0.2) is 0 Å². The van der Waals surface area contributed by atoms with Crippen LogP contribution in [-0.2, 0) is 4.74 Å². The van der Waals surface area contributed by atoms with E-state index in [4.69, 9.17) is 17.0 Å². The topological polar surface area (TPSA) is 29.9 Å². The summed E-state index contributed by atoms with van der Waals surface area (Å²) in [6.45, 7) is 4.93. The van der Waals surface area contributed by atoms with Gasteiger partial charge >= 0.3 is 0 Å². The van der Waals surface area contributed by atoms with Crippen LogP contribution in [0, 0.1) is 11.7 Å². The van der Waals surface area contributed by atoms with E-state index in [0.717, 1.165) is 16.7 Å². The fourth-order valence-electron chi connectivity index (χ4n) is 2.22. The van der Waals surface area contributed by atoms with Gasteiger partial charge in [0.25, 0.3) is 0 Å². The van der Waals surface area contributed by atoms with Crippen LogP contribution >= 0.6 is 12.2 Å². The van der Waals surface area contributed by atoms with Gasteiger partial charge in [0.15, 0.2) is 4.77 Å². The molecule has 2 rings (SSSR count). The van der Waals surface area contributed by atoms with Gasteiger partial charge in [0, 0.05) is 7.11 Å². The van der Waals surface area contributed by atoms with Crippen molar-refractivity contribution >= 4 is 23.3 Å². The molecule has 17 heavy (non-hydrogen) atoms. The number of aryl methyl sites for hydroxylation is 1. The average Bonchev–Trinajstić information content (AvgIpc) is 2.64. The Labute approximate surface area is 106 Å². The van der Waals surface area contributed by atoms with Gasteiger partial charge < -0.3 is 14.3 Å². The molecule has 1 unspecified atom stereocenters. The summed E-state index contributed by atoms with van der Waals surface area (Å²) in [7, 11) is 1.73. The standard InChI is InChI=1S/C13H18N2OS/c1-4-10(8-16-3)15-11-7-5-6-9(2)12(11)14-13(15)17/h5-7,10H,4,8H2,1-3H3,(H,14,17). The number of nitrogens with one attached hydrogen (secondary N) is 1. The summed E-state index contributed by atoms with van der Waals surface area (Å²) in [5.74, 6) is 0. The molecular formula is C13H18N2OS. The highest BCUT2D eigenvalue weighted by molar-refractivity contribution is 7.71. The van der Waals surface area contributed by atoms with Gasteiger partial charge in [-0.3, -0.25) is 0 Å². The number of hydrogen-bond acceptors (Lipinski definition) is 2. The first-order valence-electron chi connectivity index (χ1n) is 5.87. The van der Waals surface area contributed by atoms with Crippen molar-refractivity contribution in [2.75, 3.05) is 13.7 Å². The molecule has 0 aliphatic carbocycles. The smallest absolute Gasteiger partial charge is 0.178 e. The zero-order valence-corrected chi connectivity index (χ0v) is 11.3. The predicted molar refractivity (Wildman–Crippen MR) is 73.1 cm³/mol. The molecule has 3 nitrogen and oxygen atoms in total. The molecule has 0 saturated carbocycles. The summed E-state index contributed by atoms with van der Waals surface area (Å²) < 4.78 is 8.22. The van der Waals surface area contributed by atoms with Crippen LogP contribution in [0.5, 0.6) is 0 Å². The van der Waals surface area contributed by atoms with Crippen LogP contribution < -0.4 is 0 Å². The van der Waals surface area contributed by atoms with Crippen molar-refractivity contribution in [2.24, 2.45) is 0 Å². The first kappa shape index (κ1) is 12.3. The van der Waals surface area contributed by atoms with Crippen molar-refractivity contribution in [3.8, 4) is 0 Å². The highest BCUT2D eigenvalue weighted by Gasteiger charge is 2.14. The fourth-order valence-corrected chi connectivity index (χ4v) is 2.57. The summed E-state index contributed by atoms with van der Waals surface area (Å²) in [6, 6.07) is 6.56. The van der Waals surface area contributed by atoms with Crippen molar-refractivity contribution < 1.29 is 4.74 Å². The van der Waals surface area contributed by atoms with Crippen LogP contribution in [0.3, 0.4) is 0 Å². The van der Waals surface area contributed by atoms with Crippen molar-refractivity contribution in [2.45, 2.75) is 26.3 Å². The minimum Gasteiger partial charge on any atom is -0.383 e. The van der Waals surface area contributed by atoms with Gasteiger partial charge in [-0.05, 0) is 37.2 Å². The molecule has 2 aromatic rings. The molecule has 0 spiro atoms. The lowest BCUT2D eigenvalue weighted by atomic mass is 10.2. The molecule has 1 N–H and O–H groups in total. The minimum atomic E-state index is 0.294. The fraction of sp³-hybridized carbons (Fsp3) is 0.462. The molecule has 1 aromatic carbocycles. The third kappa shape index (κ3) is 2.15. The lowest BCUT2D eigenvalue weighted by molar-refractivity contribution is 0.154. The lowest BCUT2D eigenvalue weighted by Crippen LogP contribution is -2.13. The Balaban J connectivity index is 2.64. The largest absolute Gasteiger partial charge is 0.383 e. The maximum Gasteiger partial charge on any atom is 0.178 e. The van der Waals surface area contributed by atoms with Crippen molar-refractivity contribution in [1.29, 1.82) is 0 Å². The van der Waals surface area contributed by atoms with Crippen molar-refractivity contribution in [1.82, 2.24) is 9.55 Å². The van der Waals surface area contributed by atoms with E-state index >= 15 is 0 Å². The second-order valence-electron chi connectivity index (χ2n) is 4.29. The number of aromatic amines is 1. The molecule has 0 saturated heterocycles. The molecule has 0 fully saturated rings. The number of fused-ring (bicyclic) bond motifs is 1. The highest BCUT2D eigenvalue weighted by Crippen LogP contribution is 2.23. The molecule has 92 valence electrons. The number of aromatic nitrogens is 2. The Morgan fingerprint density at radius 1 is 1.47 bits per heavy atom. The second-order valence-corrected chi connectivity index (χ2v) is 4.67. The first-order chi connectivity index (χ1) is 8.19. The summed E-state index contributed by atoms with van der Waals surface area (Å²) in [6.07, 6.45) is 1.00. The monoisotopic (exact) mass is 250 g/mol. The van der Waals surface area contributed by atoms with E-state index in [1.807, 2.05) is 0 Å². The van der Waals surface area contributed by atoms with Crippen LogP contribution in [0.1, 0.15) is 24.9 Å². The van der Waals surface area contributed by atoms with E-state index in [1.54, 1.807) is 7.11 Å². The van der Waals surface area contributed by atoms with E-state index in [0.29, 0.717) is 12.6 Å². The zero-order chi connectivity index (χ0) is 12.4. The minimum absolute atomic E-state index is 0.294. The first-order valence-corrected chi connectivity index (χ1v) is 6.28. The second kappa shape index (κ2) is 5.02. The normalized spacial score (nSPS) is 13.1. The van der Waals surface area contributed by atoms with E-state index in [-0.39, 0.29) is 0 Å². The molecule has 0 aliphatic rings. The molecule has 1 heterocycles. The van der Waals surface area contributed by atoms with E-state index < -0.39 is 0 Å². The van der Waals surface area contributed by atoms with Crippen LogP contribution in [0.15, 0.2) is 18.2 Å². The Morgan fingerprint density at radius 3 is 2.88 bits per heavy atom. The molecular weight excluding hydrogens is 232 g/mol. The summed E-state index contributed by atoms with van der Waals surface area (Å²) in [4.78, 5) is 3.29. The van der Waals surface area contributed by atoms with Gasteiger partial charge in [0.1, 0.15) is 0 Å². The third-order valence-corrected chi connectivity index (χ3v) is 3.46. The van der Waals surface area contributed by atoms with Crippen molar-refractivity contribution in [3.63, 3.8) is 0 Å². The van der Waals surface area contributed by atoms with Gasteiger partial charge in [0.2, 0.25) is 0 Å². The van der Waals surface area contributed by atoms with E-state index in [2.05, 4.69) is 41.6 Å². The van der Waals surface area contributed by atoms with Crippen LogP contribution in [0.2, 0.25) is 0 Å². The average molecular weight is 250 g/mol. The number of H-pyrrole nitrogens is 1. The van der Waals surface area contributed by atoms with Crippen LogP contribution in [0.4, 0.5) is 0 Å². The number of imidazole rings is 1. The summed E-state index contributed by atoms with van der Waals surface area (Å²) in [5, 5.41) is 0. The summed E-state index contributed by atoms with van der Waals surface area (Å²) in [5.41, 5.74) is 3.52. The number of para-hydroxylation sites is 1. The number of nitrogens with zero attached hydrogens (tertiary/aromatic N) is 1. The van der Waals surface area contributed by atoms with E-state index in [1.165, 1.54) is 11.1 Å². The molecule has 0 aliphatic heterocycles. The molecule has 1 aromatic heterocycles. The summed E-state index contributed by atoms with van der Waals surface area (Å²) >= 11 is 5.42. The van der Waals surface area contributed by atoms with Gasteiger partial charge in [-0.1, -0.05) is 19.1 Å². The number of benzene rings is 1. The molecule has 0 bridgehead atoms. The number of methoxy groups -OCH3 is 1. The molecule has 0 amide bonds. The predicted octanol–water partition coefficient (Wildman–Crippen LogP) is 3.60. The van der Waals surface area contributed by atoms with Gasteiger partial charge in [-0.2, -0.15) is 0 Å². The van der Waals surface area contributed by atoms with E-state index in [9.17, 15) is 0 Å². The number of ether oxygens (including phenoxy) is 1. The Bertz CT molecular complexity index is 570. The van der Waals surface area contributed by atoms with Crippen molar-refractivity contribution in [3.05, 3.63) is 28.5 Å². The molecule has 1 atom stereocenters. The Kier molecular flexibility index (Phi) is 3.64. The number of rotatable bonds is 4. The van der Waals surface area contributed by atoms with Gasteiger partial charge in [-0.15, -0.1) is 0 Å². The van der Waals surface area contributed by atoms with Gasteiger partial charge in [0.05, 0.1) is 23.7 Å². The Morgan fingerprint density at radius 2 is 2.24 bits per heavy atom. The Hall–Kier alpha value is -1.13.